The number of ketones is 1. The summed E-state index contributed by atoms with van der Waals surface area (Å²) in [5.74, 6) is -1.57. The first-order chi connectivity index (χ1) is 11.3. The summed E-state index contributed by atoms with van der Waals surface area (Å²) in [4.78, 5) is 16.0. The van der Waals surface area contributed by atoms with E-state index in [4.69, 9.17) is 11.6 Å². The van der Waals surface area contributed by atoms with Crippen molar-refractivity contribution >= 4 is 28.5 Å². The molecule has 2 aromatic heterocycles. The van der Waals surface area contributed by atoms with Gasteiger partial charge < -0.3 is 17.0 Å². The molecule has 0 amide bonds. The van der Waals surface area contributed by atoms with Crippen LogP contribution in [0.25, 0.3) is 11.2 Å². The number of hydrogen-bond donors (Lipinski definition) is 0. The molecule has 0 atom stereocenters. The number of alkyl halides is 3. The summed E-state index contributed by atoms with van der Waals surface area (Å²) in [6.45, 7) is -0.476. The monoisotopic (exact) mass is 433 g/mol. The molecule has 2 heterocycles. The van der Waals surface area contributed by atoms with E-state index in [1.54, 1.807) is 37.4 Å². The van der Waals surface area contributed by atoms with Gasteiger partial charge in [0.2, 0.25) is 0 Å². The molecular weight excluding hydrogens is 423 g/mol. The largest absolute Gasteiger partial charge is 1.00 e. The number of pyridine rings is 1. The Morgan fingerprint density at radius 2 is 1.92 bits per heavy atom. The van der Waals surface area contributed by atoms with Gasteiger partial charge in [0, 0.05) is 5.56 Å². The standard InChI is InChI=1S/C16H12ClF3N3O.BrH/c1-22-8-11(17)7-12-14(22)21-15(16(18,19)20)23(12)9-13(24)10-5-3-2-4-6-10;/h2-8H,9H2,1H3;1H/q+1;/p-1. The molecule has 1 aromatic carbocycles. The molecule has 25 heavy (non-hydrogen) atoms. The highest BCUT2D eigenvalue weighted by Crippen LogP contribution is 2.31. The summed E-state index contributed by atoms with van der Waals surface area (Å²) in [7, 11) is 1.55. The van der Waals surface area contributed by atoms with E-state index in [0.717, 1.165) is 4.57 Å². The lowest BCUT2D eigenvalue weighted by Crippen LogP contribution is -3.00. The molecule has 3 rings (SSSR count). The Kier molecular flexibility index (Phi) is 5.53. The molecular formula is C16H12BrClF3N3O. The van der Waals surface area contributed by atoms with Gasteiger partial charge in [-0.2, -0.15) is 13.2 Å². The van der Waals surface area contributed by atoms with E-state index >= 15 is 0 Å². The van der Waals surface area contributed by atoms with Crippen LogP contribution in [-0.2, 0) is 19.8 Å². The summed E-state index contributed by atoms with van der Waals surface area (Å²) >= 11 is 5.94. The number of aryl methyl sites for hydroxylation is 1. The minimum atomic E-state index is -4.69. The lowest BCUT2D eigenvalue weighted by atomic mass is 10.1. The SMILES string of the molecule is C[n+]1cc(Cl)cc2c1nc(C(F)(F)F)n2CC(=O)c1ccccc1.[Br-]. The van der Waals surface area contributed by atoms with Gasteiger partial charge in [0.25, 0.3) is 0 Å². The molecule has 0 bridgehead atoms. The number of benzene rings is 1. The van der Waals surface area contributed by atoms with Crippen LogP contribution in [0.5, 0.6) is 0 Å². The van der Waals surface area contributed by atoms with Crippen LogP contribution in [0.1, 0.15) is 16.2 Å². The second-order valence-corrected chi connectivity index (χ2v) is 5.72. The molecule has 0 saturated carbocycles. The van der Waals surface area contributed by atoms with Gasteiger partial charge in [-0.05, 0) is 11.1 Å². The second-order valence-electron chi connectivity index (χ2n) is 5.29. The minimum absolute atomic E-state index is 0. The van der Waals surface area contributed by atoms with Gasteiger partial charge in [-0.1, -0.05) is 41.9 Å². The smallest absolute Gasteiger partial charge is 0.475 e. The lowest BCUT2D eigenvalue weighted by molar-refractivity contribution is -0.646. The predicted molar refractivity (Wildman–Crippen MR) is 81.7 cm³/mol. The van der Waals surface area contributed by atoms with E-state index < -0.39 is 24.3 Å². The Labute approximate surface area is 156 Å². The van der Waals surface area contributed by atoms with Crippen molar-refractivity contribution in [2.75, 3.05) is 0 Å². The van der Waals surface area contributed by atoms with Gasteiger partial charge in [-0.15, -0.1) is 0 Å². The average molecular weight is 435 g/mol. The third kappa shape index (κ3) is 3.85. The van der Waals surface area contributed by atoms with Crippen molar-refractivity contribution in [3.8, 4) is 0 Å². The zero-order valence-corrected chi connectivity index (χ0v) is 15.2. The fourth-order valence-electron chi connectivity index (χ4n) is 2.50. The highest BCUT2D eigenvalue weighted by Gasteiger charge is 2.44. The zero-order chi connectivity index (χ0) is 17.5. The second kappa shape index (κ2) is 7.13. The molecule has 0 aliphatic heterocycles. The van der Waals surface area contributed by atoms with Gasteiger partial charge in [-0.25, -0.2) is 4.57 Å². The molecule has 0 aliphatic carbocycles. The van der Waals surface area contributed by atoms with Gasteiger partial charge >= 0.3 is 17.6 Å². The first kappa shape index (κ1) is 19.4. The Bertz CT molecular complexity index is 926. The van der Waals surface area contributed by atoms with E-state index in [1.165, 1.54) is 16.8 Å². The number of Topliss-reactive ketones (excluding diaryl/α,β-unsaturated/α-hetero) is 1. The van der Waals surface area contributed by atoms with E-state index in [-0.39, 0.29) is 33.2 Å². The Morgan fingerprint density at radius 1 is 1.28 bits per heavy atom. The fraction of sp³-hybridized carbons (Fsp3) is 0.188. The number of imidazole rings is 1. The zero-order valence-electron chi connectivity index (χ0n) is 12.9. The Morgan fingerprint density at radius 3 is 2.52 bits per heavy atom. The van der Waals surface area contributed by atoms with Gasteiger partial charge in [0.15, 0.2) is 5.78 Å². The maximum absolute atomic E-state index is 13.3. The van der Waals surface area contributed by atoms with Crippen LogP contribution in [-0.4, -0.2) is 15.3 Å². The number of rotatable bonds is 3. The van der Waals surface area contributed by atoms with Crippen LogP contribution < -0.4 is 21.5 Å². The van der Waals surface area contributed by atoms with Crippen molar-refractivity contribution in [2.24, 2.45) is 7.05 Å². The third-order valence-corrected chi connectivity index (χ3v) is 3.77. The van der Waals surface area contributed by atoms with Crippen molar-refractivity contribution in [3.05, 3.63) is 59.0 Å². The van der Waals surface area contributed by atoms with Crippen molar-refractivity contribution in [2.45, 2.75) is 12.7 Å². The number of halogens is 5. The van der Waals surface area contributed by atoms with E-state index in [1.807, 2.05) is 0 Å². The lowest BCUT2D eigenvalue weighted by Gasteiger charge is -2.08. The third-order valence-electron chi connectivity index (χ3n) is 3.56. The topological polar surface area (TPSA) is 38.8 Å². The van der Waals surface area contributed by atoms with Crippen LogP contribution in [0.3, 0.4) is 0 Å². The Balaban J connectivity index is 0.00000225. The average Bonchev–Trinajstić information content (AvgIpc) is 2.87. The maximum atomic E-state index is 13.3. The van der Waals surface area contributed by atoms with Crippen molar-refractivity contribution in [1.29, 1.82) is 0 Å². The molecule has 3 aromatic rings. The van der Waals surface area contributed by atoms with Crippen molar-refractivity contribution in [3.63, 3.8) is 0 Å². The van der Waals surface area contributed by atoms with Gasteiger partial charge in [0.1, 0.15) is 11.7 Å². The summed E-state index contributed by atoms with van der Waals surface area (Å²) in [5.41, 5.74) is 0.591. The van der Waals surface area contributed by atoms with Crippen LogP contribution in [0.2, 0.25) is 5.02 Å². The van der Waals surface area contributed by atoms with Crippen LogP contribution in [0.4, 0.5) is 13.2 Å². The van der Waals surface area contributed by atoms with E-state index in [0.29, 0.717) is 5.56 Å². The molecule has 0 spiro atoms. The molecule has 0 unspecified atom stereocenters. The van der Waals surface area contributed by atoms with Gasteiger partial charge in [-0.3, -0.25) is 9.36 Å². The quantitative estimate of drug-likeness (QED) is 0.443. The number of hydrogen-bond acceptors (Lipinski definition) is 2. The number of aromatic nitrogens is 3. The maximum Gasteiger partial charge on any atom is 0.475 e. The molecule has 0 aliphatic rings. The molecule has 4 nitrogen and oxygen atoms in total. The highest BCUT2D eigenvalue weighted by molar-refractivity contribution is 6.30. The highest BCUT2D eigenvalue weighted by atomic mass is 79.9. The Hall–Kier alpha value is -1.93. The number of nitrogens with zero attached hydrogens (tertiary/aromatic N) is 3. The first-order valence-electron chi connectivity index (χ1n) is 6.98. The summed E-state index contributed by atoms with van der Waals surface area (Å²) < 4.78 is 42.3. The van der Waals surface area contributed by atoms with Crippen LogP contribution in [0, 0.1) is 0 Å². The molecule has 9 heteroatoms. The minimum Gasteiger partial charge on any atom is -1.00 e. The van der Waals surface area contributed by atoms with Gasteiger partial charge in [0.05, 0.1) is 18.6 Å². The number of carbonyl (C=O) groups excluding carboxylic acids is 1. The molecule has 0 saturated heterocycles. The first-order valence-corrected chi connectivity index (χ1v) is 7.36. The number of fused-ring (bicyclic) bond motifs is 1. The normalized spacial score (nSPS) is 11.4. The molecule has 0 fully saturated rings. The fourth-order valence-corrected chi connectivity index (χ4v) is 2.75. The summed E-state index contributed by atoms with van der Waals surface area (Å²) in [5, 5.41) is 0.257. The molecule has 0 radical (unpaired) electrons. The van der Waals surface area contributed by atoms with E-state index in [9.17, 15) is 18.0 Å². The van der Waals surface area contributed by atoms with Crippen LogP contribution >= 0.6 is 11.6 Å². The summed E-state index contributed by atoms with van der Waals surface area (Å²) in [6, 6.07) is 9.52. The summed E-state index contributed by atoms with van der Waals surface area (Å²) in [6.07, 6.45) is -3.23. The van der Waals surface area contributed by atoms with Crippen LogP contribution in [0.15, 0.2) is 42.6 Å². The predicted octanol–water partition coefficient (Wildman–Crippen LogP) is 0.420. The molecule has 132 valence electrons. The molecule has 0 N–H and O–H groups in total. The van der Waals surface area contributed by atoms with E-state index in [2.05, 4.69) is 4.98 Å². The van der Waals surface area contributed by atoms with Crippen molar-refractivity contribution < 1.29 is 39.5 Å². The van der Waals surface area contributed by atoms with Crippen molar-refractivity contribution in [1.82, 2.24) is 9.55 Å². The number of carbonyl (C=O) groups is 1.